The van der Waals surface area contributed by atoms with Gasteiger partial charge in [-0.15, -0.1) is 0 Å². The molecule has 0 unspecified atom stereocenters. The minimum atomic E-state index is -0.967. The van der Waals surface area contributed by atoms with Crippen LogP contribution in [0.1, 0.15) is 47.9 Å². The van der Waals surface area contributed by atoms with Gasteiger partial charge >= 0.3 is 5.97 Å². The Bertz CT molecular complexity index is 1010. The minimum absolute atomic E-state index is 0.191. The highest BCUT2D eigenvalue weighted by molar-refractivity contribution is 5.95. The van der Waals surface area contributed by atoms with E-state index in [1.54, 1.807) is 6.20 Å². The number of hydrogen-bond acceptors (Lipinski definition) is 3. The summed E-state index contributed by atoms with van der Waals surface area (Å²) in [6.07, 6.45) is 1.36. The number of aliphatic carboxylic acids is 1. The van der Waals surface area contributed by atoms with E-state index in [4.69, 9.17) is 0 Å². The maximum absolute atomic E-state index is 12.8. The van der Waals surface area contributed by atoms with Crippen LogP contribution in [0.25, 0.3) is 10.8 Å². The van der Waals surface area contributed by atoms with Gasteiger partial charge in [0.05, 0.1) is 24.2 Å². The molecule has 1 amide bonds. The second-order valence-electron chi connectivity index (χ2n) is 7.45. The number of carboxylic acid groups (broad SMARTS) is 1. The van der Waals surface area contributed by atoms with Crippen molar-refractivity contribution in [1.29, 1.82) is 0 Å². The van der Waals surface area contributed by atoms with E-state index in [-0.39, 0.29) is 12.3 Å². The van der Waals surface area contributed by atoms with Crippen molar-refractivity contribution in [3.05, 3.63) is 65.5 Å². The molecule has 28 heavy (non-hydrogen) atoms. The fraction of sp³-hybridized carbons (Fsp3) is 0.318. The summed E-state index contributed by atoms with van der Waals surface area (Å²) in [5.41, 5.74) is 2.01. The summed E-state index contributed by atoms with van der Waals surface area (Å²) in [5, 5.41) is 18.6. The Hall–Kier alpha value is -3.15. The van der Waals surface area contributed by atoms with Crippen molar-refractivity contribution >= 4 is 22.6 Å². The summed E-state index contributed by atoms with van der Waals surface area (Å²) < 4.78 is 1.81. The summed E-state index contributed by atoms with van der Waals surface area (Å²) in [4.78, 5) is 24.2. The standard InChI is InChI=1S/C22H25N3O3/c1-14(2)13-25-15(3)19(12-23-25)22(28)24-20(11-21(26)27)18-9-8-16-6-4-5-7-17(16)10-18/h4-10,12,14,20H,11,13H2,1-3H3,(H,24,28)(H,26,27)/t20-/m0/s1. The molecule has 146 valence electrons. The molecule has 6 nitrogen and oxygen atoms in total. The first-order chi connectivity index (χ1) is 13.3. The van der Waals surface area contributed by atoms with Crippen molar-refractivity contribution in [3.63, 3.8) is 0 Å². The van der Waals surface area contributed by atoms with E-state index < -0.39 is 12.0 Å². The lowest BCUT2D eigenvalue weighted by Gasteiger charge is -2.18. The Morgan fingerprint density at radius 1 is 1.14 bits per heavy atom. The molecule has 0 spiro atoms. The van der Waals surface area contributed by atoms with Crippen LogP contribution in [-0.4, -0.2) is 26.8 Å². The normalized spacial score (nSPS) is 12.3. The first-order valence-electron chi connectivity index (χ1n) is 9.39. The van der Waals surface area contributed by atoms with Crippen LogP contribution in [0.5, 0.6) is 0 Å². The van der Waals surface area contributed by atoms with E-state index in [0.29, 0.717) is 11.5 Å². The van der Waals surface area contributed by atoms with Crippen molar-refractivity contribution in [3.8, 4) is 0 Å². The Morgan fingerprint density at radius 3 is 2.54 bits per heavy atom. The lowest BCUT2D eigenvalue weighted by Crippen LogP contribution is -2.30. The number of carbonyl (C=O) groups is 2. The Morgan fingerprint density at radius 2 is 1.86 bits per heavy atom. The lowest BCUT2D eigenvalue weighted by atomic mass is 9.99. The van der Waals surface area contributed by atoms with Gasteiger partial charge < -0.3 is 10.4 Å². The van der Waals surface area contributed by atoms with Gasteiger partial charge in [-0.2, -0.15) is 5.10 Å². The molecule has 0 aliphatic heterocycles. The van der Waals surface area contributed by atoms with Gasteiger partial charge in [0.1, 0.15) is 0 Å². The molecule has 1 atom stereocenters. The van der Waals surface area contributed by atoms with Gasteiger partial charge in [-0.3, -0.25) is 14.3 Å². The largest absolute Gasteiger partial charge is 0.481 e. The fourth-order valence-corrected chi connectivity index (χ4v) is 3.29. The van der Waals surface area contributed by atoms with Gasteiger partial charge in [-0.05, 0) is 35.2 Å². The minimum Gasteiger partial charge on any atom is -0.481 e. The van der Waals surface area contributed by atoms with Crippen LogP contribution < -0.4 is 5.32 Å². The number of rotatable bonds is 7. The van der Waals surface area contributed by atoms with Crippen LogP contribution in [0.3, 0.4) is 0 Å². The first-order valence-corrected chi connectivity index (χ1v) is 9.39. The van der Waals surface area contributed by atoms with Gasteiger partial charge in [0.15, 0.2) is 0 Å². The van der Waals surface area contributed by atoms with Gasteiger partial charge in [0, 0.05) is 12.2 Å². The highest BCUT2D eigenvalue weighted by Gasteiger charge is 2.22. The number of nitrogens with one attached hydrogen (secondary N) is 1. The number of hydrogen-bond donors (Lipinski definition) is 2. The fourth-order valence-electron chi connectivity index (χ4n) is 3.29. The highest BCUT2D eigenvalue weighted by Crippen LogP contribution is 2.23. The number of aromatic nitrogens is 2. The molecular formula is C22H25N3O3. The lowest BCUT2D eigenvalue weighted by molar-refractivity contribution is -0.137. The smallest absolute Gasteiger partial charge is 0.305 e. The van der Waals surface area contributed by atoms with E-state index in [0.717, 1.165) is 28.6 Å². The van der Waals surface area contributed by atoms with Crippen LogP contribution in [0.15, 0.2) is 48.7 Å². The monoisotopic (exact) mass is 379 g/mol. The number of amides is 1. The quantitative estimate of drug-likeness (QED) is 0.651. The van der Waals surface area contributed by atoms with E-state index >= 15 is 0 Å². The van der Waals surface area contributed by atoms with E-state index in [9.17, 15) is 14.7 Å². The molecule has 2 aromatic carbocycles. The third-order valence-electron chi connectivity index (χ3n) is 4.75. The molecule has 3 aromatic rings. The molecule has 0 saturated carbocycles. The van der Waals surface area contributed by atoms with Crippen molar-refractivity contribution in [2.24, 2.45) is 5.92 Å². The van der Waals surface area contributed by atoms with Crippen LogP contribution in [0.4, 0.5) is 0 Å². The molecule has 6 heteroatoms. The van der Waals surface area contributed by atoms with Crippen molar-refractivity contribution < 1.29 is 14.7 Å². The van der Waals surface area contributed by atoms with Crippen molar-refractivity contribution in [2.75, 3.05) is 0 Å². The zero-order valence-electron chi connectivity index (χ0n) is 16.3. The Kier molecular flexibility index (Phi) is 5.78. The molecule has 0 aliphatic carbocycles. The van der Waals surface area contributed by atoms with Crippen LogP contribution >= 0.6 is 0 Å². The molecule has 0 bridgehead atoms. The molecule has 0 saturated heterocycles. The van der Waals surface area contributed by atoms with E-state index in [1.807, 2.05) is 54.1 Å². The van der Waals surface area contributed by atoms with Crippen molar-refractivity contribution in [1.82, 2.24) is 15.1 Å². The predicted octanol–water partition coefficient (Wildman–Crippen LogP) is 3.95. The maximum atomic E-state index is 12.8. The predicted molar refractivity (Wildman–Crippen MR) is 108 cm³/mol. The van der Waals surface area contributed by atoms with Gasteiger partial charge in [-0.25, -0.2) is 0 Å². The molecule has 3 rings (SSSR count). The average molecular weight is 379 g/mol. The maximum Gasteiger partial charge on any atom is 0.305 e. The number of fused-ring (bicyclic) bond motifs is 1. The van der Waals surface area contributed by atoms with E-state index in [2.05, 4.69) is 24.3 Å². The van der Waals surface area contributed by atoms with E-state index in [1.165, 1.54) is 0 Å². The van der Waals surface area contributed by atoms with Crippen LogP contribution in [0.2, 0.25) is 0 Å². The summed E-state index contributed by atoms with van der Waals surface area (Å²) >= 11 is 0. The third-order valence-corrected chi connectivity index (χ3v) is 4.75. The highest BCUT2D eigenvalue weighted by atomic mass is 16.4. The average Bonchev–Trinajstić information content (AvgIpc) is 3.00. The van der Waals surface area contributed by atoms with Crippen LogP contribution in [-0.2, 0) is 11.3 Å². The Labute approximate surface area is 164 Å². The molecule has 2 N–H and O–H groups in total. The Balaban J connectivity index is 1.87. The molecule has 1 heterocycles. The summed E-state index contributed by atoms with van der Waals surface area (Å²) in [6, 6.07) is 13.0. The molecular weight excluding hydrogens is 354 g/mol. The van der Waals surface area contributed by atoms with Gasteiger partial charge in [0.25, 0.3) is 5.91 Å². The zero-order valence-corrected chi connectivity index (χ0v) is 16.3. The topological polar surface area (TPSA) is 84.2 Å². The summed E-state index contributed by atoms with van der Waals surface area (Å²) in [7, 11) is 0. The van der Waals surface area contributed by atoms with Crippen LogP contribution in [0, 0.1) is 12.8 Å². The van der Waals surface area contributed by atoms with Crippen molar-refractivity contribution in [2.45, 2.75) is 39.8 Å². The first kappa shape index (κ1) is 19.6. The molecule has 0 fully saturated rings. The SMILES string of the molecule is Cc1c(C(=O)N[C@@H](CC(=O)O)c2ccc3ccccc3c2)cnn1CC(C)C. The second-order valence-corrected chi connectivity index (χ2v) is 7.45. The molecule has 0 aliphatic rings. The zero-order chi connectivity index (χ0) is 20.3. The molecule has 0 radical (unpaired) electrons. The second kappa shape index (κ2) is 8.25. The number of carbonyl (C=O) groups excluding carboxylic acids is 1. The molecule has 1 aromatic heterocycles. The van der Waals surface area contributed by atoms with Gasteiger partial charge in [-0.1, -0.05) is 50.2 Å². The summed E-state index contributed by atoms with van der Waals surface area (Å²) in [5.74, 6) is -0.871. The number of benzene rings is 2. The third kappa shape index (κ3) is 4.39. The van der Waals surface area contributed by atoms with Gasteiger partial charge in [0.2, 0.25) is 0 Å². The number of carboxylic acids is 1. The summed E-state index contributed by atoms with van der Waals surface area (Å²) in [6.45, 7) is 6.75. The number of nitrogens with zero attached hydrogens (tertiary/aromatic N) is 2.